The van der Waals surface area contributed by atoms with Gasteiger partial charge >= 0.3 is 0 Å². The molecule has 3 rings (SSSR count). The van der Waals surface area contributed by atoms with Crippen LogP contribution in [0, 0.1) is 0 Å². The highest BCUT2D eigenvalue weighted by Gasteiger charge is 2.09. The zero-order valence-corrected chi connectivity index (χ0v) is 12.8. The fourth-order valence-corrected chi connectivity index (χ4v) is 2.43. The molecule has 1 aromatic carbocycles. The van der Waals surface area contributed by atoms with Crippen LogP contribution in [0.15, 0.2) is 42.9 Å². The van der Waals surface area contributed by atoms with E-state index in [1.54, 1.807) is 23.3 Å². The molecule has 7 heteroatoms. The number of hydrogen-bond acceptors (Lipinski definition) is 5. The van der Waals surface area contributed by atoms with Crippen molar-refractivity contribution in [2.24, 2.45) is 5.84 Å². The summed E-state index contributed by atoms with van der Waals surface area (Å²) in [5.74, 6) is 5.50. The Morgan fingerprint density at radius 1 is 1.30 bits per heavy atom. The zero-order valence-electron chi connectivity index (χ0n) is 12.8. The van der Waals surface area contributed by atoms with Crippen molar-refractivity contribution in [1.82, 2.24) is 14.8 Å². The Morgan fingerprint density at radius 2 is 2.17 bits per heavy atom. The normalized spacial score (nSPS) is 10.7. The fraction of sp³-hybridized carbons (Fsp3) is 0.188. The Bertz CT molecular complexity index is 841. The average molecular weight is 310 g/mol. The van der Waals surface area contributed by atoms with Crippen molar-refractivity contribution in [1.29, 1.82) is 0 Å². The van der Waals surface area contributed by atoms with E-state index in [1.165, 1.54) is 0 Å². The first-order valence-electron chi connectivity index (χ1n) is 7.41. The molecule has 0 aliphatic heterocycles. The highest BCUT2D eigenvalue weighted by Crippen LogP contribution is 2.24. The fourth-order valence-electron chi connectivity index (χ4n) is 2.43. The van der Waals surface area contributed by atoms with Crippen molar-refractivity contribution in [3.05, 3.63) is 42.9 Å². The number of nitrogens with one attached hydrogen (secondary N) is 2. The number of amides is 1. The van der Waals surface area contributed by atoms with E-state index in [9.17, 15) is 4.79 Å². The van der Waals surface area contributed by atoms with Gasteiger partial charge in [-0.2, -0.15) is 5.10 Å². The van der Waals surface area contributed by atoms with Crippen molar-refractivity contribution >= 4 is 28.2 Å². The molecule has 0 aliphatic rings. The van der Waals surface area contributed by atoms with Gasteiger partial charge in [0, 0.05) is 17.5 Å². The molecule has 1 amide bonds. The molecule has 0 bridgehead atoms. The number of pyridine rings is 1. The van der Waals surface area contributed by atoms with Crippen molar-refractivity contribution < 1.29 is 4.79 Å². The molecule has 23 heavy (non-hydrogen) atoms. The molecule has 2 aromatic heterocycles. The lowest BCUT2D eigenvalue weighted by atomic mass is 10.2. The first kappa shape index (κ1) is 15.0. The van der Waals surface area contributed by atoms with Crippen LogP contribution < -0.4 is 16.6 Å². The second-order valence-electron chi connectivity index (χ2n) is 5.17. The molecule has 0 atom stereocenters. The molecular weight excluding hydrogens is 292 g/mol. The van der Waals surface area contributed by atoms with Gasteiger partial charge in [0.05, 0.1) is 35.5 Å². The third-order valence-electron chi connectivity index (χ3n) is 3.50. The molecular formula is C16H18N6O. The largest absolute Gasteiger partial charge is 0.326 e. The molecule has 3 aromatic rings. The zero-order chi connectivity index (χ0) is 16.2. The Balaban J connectivity index is 1.98. The molecule has 4 N–H and O–H groups in total. The summed E-state index contributed by atoms with van der Waals surface area (Å²) in [5.41, 5.74) is 5.73. The highest BCUT2D eigenvalue weighted by molar-refractivity contribution is 5.92. The van der Waals surface area contributed by atoms with Crippen molar-refractivity contribution in [3.63, 3.8) is 0 Å². The van der Waals surface area contributed by atoms with Crippen LogP contribution in [0.2, 0.25) is 0 Å². The summed E-state index contributed by atoms with van der Waals surface area (Å²) in [5, 5.41) is 8.16. The molecule has 0 spiro atoms. The number of nitrogens with zero attached hydrogens (tertiary/aromatic N) is 3. The SMILES string of the molecule is CCCC(=O)Nc1cccc(-n2ncc3c(NN)cncc32)c1. The lowest BCUT2D eigenvalue weighted by molar-refractivity contribution is -0.116. The predicted molar refractivity (Wildman–Crippen MR) is 90.2 cm³/mol. The van der Waals surface area contributed by atoms with E-state index in [0.717, 1.165) is 28.7 Å². The van der Waals surface area contributed by atoms with Gasteiger partial charge < -0.3 is 10.7 Å². The summed E-state index contributed by atoms with van der Waals surface area (Å²) in [6, 6.07) is 7.53. The second kappa shape index (κ2) is 6.45. The van der Waals surface area contributed by atoms with Crippen LogP contribution in [0.5, 0.6) is 0 Å². The number of rotatable bonds is 5. The standard InChI is InChI=1S/C16H18N6O/c1-2-4-16(23)20-11-5-3-6-12(7-11)22-15-10-18-9-14(21-17)13(15)8-19-22/h3,5-10,21H,2,4,17H2,1H3,(H,20,23). The lowest BCUT2D eigenvalue weighted by Gasteiger charge is -2.08. The van der Waals surface area contributed by atoms with Crippen LogP contribution >= 0.6 is 0 Å². The quantitative estimate of drug-likeness (QED) is 0.497. The van der Waals surface area contributed by atoms with Gasteiger partial charge in [0.1, 0.15) is 0 Å². The van der Waals surface area contributed by atoms with Crippen LogP contribution in [0.25, 0.3) is 16.6 Å². The van der Waals surface area contributed by atoms with Crippen molar-refractivity contribution in [2.75, 3.05) is 10.7 Å². The van der Waals surface area contributed by atoms with Crippen LogP contribution in [-0.2, 0) is 4.79 Å². The van der Waals surface area contributed by atoms with Crippen LogP contribution in [0.4, 0.5) is 11.4 Å². The number of aromatic nitrogens is 3. The summed E-state index contributed by atoms with van der Waals surface area (Å²) < 4.78 is 1.76. The van der Waals surface area contributed by atoms with Gasteiger partial charge in [-0.1, -0.05) is 13.0 Å². The number of benzene rings is 1. The first-order valence-corrected chi connectivity index (χ1v) is 7.41. The molecule has 0 unspecified atom stereocenters. The van der Waals surface area contributed by atoms with E-state index in [2.05, 4.69) is 20.8 Å². The van der Waals surface area contributed by atoms with E-state index < -0.39 is 0 Å². The molecule has 2 heterocycles. The number of hydrogen-bond donors (Lipinski definition) is 3. The molecule has 0 saturated heterocycles. The number of nitrogens with two attached hydrogens (primary N) is 1. The lowest BCUT2D eigenvalue weighted by Crippen LogP contribution is -2.11. The maximum atomic E-state index is 11.7. The van der Waals surface area contributed by atoms with E-state index in [0.29, 0.717) is 12.1 Å². The number of hydrazine groups is 1. The van der Waals surface area contributed by atoms with Crippen LogP contribution in [0.1, 0.15) is 19.8 Å². The topological polar surface area (TPSA) is 97.9 Å². The minimum atomic E-state index is 0.00579. The highest BCUT2D eigenvalue weighted by atomic mass is 16.1. The summed E-state index contributed by atoms with van der Waals surface area (Å²) >= 11 is 0. The maximum Gasteiger partial charge on any atom is 0.224 e. The third kappa shape index (κ3) is 3.00. The van der Waals surface area contributed by atoms with Crippen molar-refractivity contribution in [2.45, 2.75) is 19.8 Å². The summed E-state index contributed by atoms with van der Waals surface area (Å²) in [6.07, 6.45) is 6.43. The summed E-state index contributed by atoms with van der Waals surface area (Å²) in [4.78, 5) is 15.9. The van der Waals surface area contributed by atoms with Crippen molar-refractivity contribution in [3.8, 4) is 5.69 Å². The van der Waals surface area contributed by atoms with Gasteiger partial charge in [0.15, 0.2) is 0 Å². The number of nitrogen functional groups attached to an aromatic ring is 1. The Kier molecular flexibility index (Phi) is 4.20. The second-order valence-corrected chi connectivity index (χ2v) is 5.17. The number of fused-ring (bicyclic) bond motifs is 1. The van der Waals surface area contributed by atoms with E-state index in [1.807, 2.05) is 31.2 Å². The van der Waals surface area contributed by atoms with Gasteiger partial charge in [-0.15, -0.1) is 0 Å². The van der Waals surface area contributed by atoms with Gasteiger partial charge in [-0.05, 0) is 24.6 Å². The number of carbonyl (C=O) groups is 1. The summed E-state index contributed by atoms with van der Waals surface area (Å²) in [7, 11) is 0. The third-order valence-corrected chi connectivity index (χ3v) is 3.50. The monoisotopic (exact) mass is 310 g/mol. The Labute approximate surface area is 133 Å². The molecule has 0 aliphatic carbocycles. The maximum absolute atomic E-state index is 11.7. The van der Waals surface area contributed by atoms with Gasteiger partial charge in [-0.3, -0.25) is 15.6 Å². The van der Waals surface area contributed by atoms with Crippen LogP contribution in [0.3, 0.4) is 0 Å². The molecule has 0 saturated carbocycles. The molecule has 7 nitrogen and oxygen atoms in total. The minimum absolute atomic E-state index is 0.00579. The number of carbonyl (C=O) groups excluding carboxylic acids is 1. The molecule has 118 valence electrons. The Hall–Kier alpha value is -2.93. The van der Waals surface area contributed by atoms with E-state index >= 15 is 0 Å². The Morgan fingerprint density at radius 3 is 2.96 bits per heavy atom. The van der Waals surface area contributed by atoms with Gasteiger partial charge in [-0.25, -0.2) is 4.68 Å². The molecule has 0 radical (unpaired) electrons. The number of anilines is 2. The van der Waals surface area contributed by atoms with E-state index in [-0.39, 0.29) is 5.91 Å². The van der Waals surface area contributed by atoms with Gasteiger partial charge in [0.2, 0.25) is 5.91 Å². The van der Waals surface area contributed by atoms with E-state index in [4.69, 9.17) is 5.84 Å². The predicted octanol–water partition coefficient (Wildman–Crippen LogP) is 2.44. The molecule has 0 fully saturated rings. The average Bonchev–Trinajstić information content (AvgIpc) is 2.99. The smallest absolute Gasteiger partial charge is 0.224 e. The van der Waals surface area contributed by atoms with Gasteiger partial charge in [0.25, 0.3) is 0 Å². The summed E-state index contributed by atoms with van der Waals surface area (Å²) in [6.45, 7) is 1.97. The first-order chi connectivity index (χ1) is 11.2. The van der Waals surface area contributed by atoms with Crippen LogP contribution in [-0.4, -0.2) is 20.7 Å². The minimum Gasteiger partial charge on any atom is -0.326 e.